The summed E-state index contributed by atoms with van der Waals surface area (Å²) in [6, 6.07) is 8.74. The molecule has 0 spiro atoms. The van der Waals surface area contributed by atoms with E-state index in [0.29, 0.717) is 11.8 Å². The van der Waals surface area contributed by atoms with Gasteiger partial charge in [0.05, 0.1) is 0 Å². The second-order valence-electron chi connectivity index (χ2n) is 5.56. The van der Waals surface area contributed by atoms with Crippen molar-refractivity contribution in [3.8, 4) is 0 Å². The summed E-state index contributed by atoms with van der Waals surface area (Å²) in [6.45, 7) is 8.62. The molecule has 0 fully saturated rings. The minimum Gasteiger partial charge on any atom is -0.368 e. The van der Waals surface area contributed by atoms with Crippen LogP contribution in [-0.4, -0.2) is 18.2 Å². The molecular weight excluding hydrogens is 248 g/mol. The van der Waals surface area contributed by atoms with Crippen molar-refractivity contribution in [2.45, 2.75) is 39.0 Å². The maximum Gasteiger partial charge on any atom is 0.147 e. The Kier molecular flexibility index (Phi) is 3.51. The number of rotatable bonds is 4. The van der Waals surface area contributed by atoms with Crippen molar-refractivity contribution in [1.82, 2.24) is 5.16 Å². The molecule has 0 saturated heterocycles. The lowest BCUT2D eigenvalue weighted by Gasteiger charge is -2.22. The molecule has 2 atom stereocenters. The summed E-state index contributed by atoms with van der Waals surface area (Å²) < 4.78 is 5.30. The van der Waals surface area contributed by atoms with Gasteiger partial charge in [-0.15, -0.1) is 0 Å². The maximum atomic E-state index is 5.30. The standard InChI is InChI=1S/C17H22N2O/c1-4-19(5-2)16-11-20-18-17(16)15-10-13-8-6-7-9-14(13)12(15)3/h6-9,11-12,15H,4-5,10H2,1-3H3. The molecule has 1 aromatic carbocycles. The Bertz CT molecular complexity index is 586. The summed E-state index contributed by atoms with van der Waals surface area (Å²) >= 11 is 0. The number of nitrogens with zero attached hydrogens (tertiary/aromatic N) is 2. The summed E-state index contributed by atoms with van der Waals surface area (Å²) in [7, 11) is 0. The van der Waals surface area contributed by atoms with E-state index in [9.17, 15) is 0 Å². The maximum absolute atomic E-state index is 5.30. The fourth-order valence-corrected chi connectivity index (χ4v) is 3.43. The fourth-order valence-electron chi connectivity index (χ4n) is 3.43. The molecule has 20 heavy (non-hydrogen) atoms. The van der Waals surface area contributed by atoms with Crippen molar-refractivity contribution in [2.75, 3.05) is 18.0 Å². The van der Waals surface area contributed by atoms with E-state index in [4.69, 9.17) is 4.52 Å². The number of aromatic nitrogens is 1. The monoisotopic (exact) mass is 270 g/mol. The van der Waals surface area contributed by atoms with Crippen molar-refractivity contribution < 1.29 is 4.52 Å². The Morgan fingerprint density at radius 3 is 2.70 bits per heavy atom. The second-order valence-corrected chi connectivity index (χ2v) is 5.56. The van der Waals surface area contributed by atoms with Gasteiger partial charge in [-0.3, -0.25) is 0 Å². The van der Waals surface area contributed by atoms with Crippen LogP contribution in [-0.2, 0) is 6.42 Å². The molecule has 0 amide bonds. The molecule has 1 aromatic heterocycles. The normalized spacial score (nSPS) is 20.9. The van der Waals surface area contributed by atoms with E-state index in [1.54, 1.807) is 6.26 Å². The molecule has 0 aliphatic heterocycles. The highest BCUT2D eigenvalue weighted by molar-refractivity contribution is 5.53. The van der Waals surface area contributed by atoms with Crippen LogP contribution in [0.1, 0.15) is 49.4 Å². The van der Waals surface area contributed by atoms with Gasteiger partial charge in [-0.25, -0.2) is 0 Å². The minimum absolute atomic E-state index is 0.432. The third kappa shape index (κ3) is 2.01. The highest BCUT2D eigenvalue weighted by Crippen LogP contribution is 2.45. The van der Waals surface area contributed by atoms with E-state index in [0.717, 1.165) is 25.2 Å². The summed E-state index contributed by atoms with van der Waals surface area (Å²) in [5.74, 6) is 0.937. The van der Waals surface area contributed by atoms with E-state index in [-0.39, 0.29) is 0 Å². The Morgan fingerprint density at radius 2 is 2.00 bits per heavy atom. The van der Waals surface area contributed by atoms with Crippen LogP contribution < -0.4 is 4.90 Å². The van der Waals surface area contributed by atoms with Gasteiger partial charge in [0, 0.05) is 19.0 Å². The molecule has 106 valence electrons. The smallest absolute Gasteiger partial charge is 0.147 e. The average molecular weight is 270 g/mol. The number of anilines is 1. The molecule has 3 rings (SSSR count). The van der Waals surface area contributed by atoms with Crippen LogP contribution in [0.15, 0.2) is 35.1 Å². The van der Waals surface area contributed by atoms with E-state index in [1.807, 2.05) is 0 Å². The van der Waals surface area contributed by atoms with Gasteiger partial charge in [0.1, 0.15) is 17.6 Å². The fraction of sp³-hybridized carbons (Fsp3) is 0.471. The SMILES string of the molecule is CCN(CC)c1conc1C1Cc2ccccc2C1C. The van der Waals surface area contributed by atoms with Gasteiger partial charge in [-0.2, -0.15) is 0 Å². The third-order valence-corrected chi connectivity index (χ3v) is 4.62. The number of benzene rings is 1. The molecule has 3 nitrogen and oxygen atoms in total. The molecule has 1 heterocycles. The predicted octanol–water partition coefficient (Wildman–Crippen LogP) is 3.96. The first kappa shape index (κ1) is 13.2. The molecule has 0 saturated carbocycles. The lowest BCUT2D eigenvalue weighted by Crippen LogP contribution is -2.23. The topological polar surface area (TPSA) is 29.3 Å². The second kappa shape index (κ2) is 5.31. The minimum atomic E-state index is 0.432. The van der Waals surface area contributed by atoms with Crippen LogP contribution in [0.4, 0.5) is 5.69 Å². The van der Waals surface area contributed by atoms with Crippen LogP contribution in [0.3, 0.4) is 0 Å². The molecule has 2 aromatic rings. The number of hydrogen-bond donors (Lipinski definition) is 0. The van der Waals surface area contributed by atoms with E-state index in [2.05, 4.69) is 55.1 Å². The van der Waals surface area contributed by atoms with Crippen LogP contribution in [0, 0.1) is 0 Å². The highest BCUT2D eigenvalue weighted by Gasteiger charge is 2.34. The Labute approximate surface area is 120 Å². The first-order valence-electron chi connectivity index (χ1n) is 7.53. The molecular formula is C17H22N2O. The third-order valence-electron chi connectivity index (χ3n) is 4.62. The largest absolute Gasteiger partial charge is 0.368 e. The van der Waals surface area contributed by atoms with Gasteiger partial charge >= 0.3 is 0 Å². The molecule has 1 aliphatic carbocycles. The molecule has 2 unspecified atom stereocenters. The van der Waals surface area contributed by atoms with Gasteiger partial charge in [0.2, 0.25) is 0 Å². The Morgan fingerprint density at radius 1 is 1.25 bits per heavy atom. The van der Waals surface area contributed by atoms with Crippen LogP contribution >= 0.6 is 0 Å². The van der Waals surface area contributed by atoms with Crippen molar-refractivity contribution in [1.29, 1.82) is 0 Å². The van der Waals surface area contributed by atoms with E-state index >= 15 is 0 Å². The molecule has 0 radical (unpaired) electrons. The van der Waals surface area contributed by atoms with Gasteiger partial charge in [-0.1, -0.05) is 36.3 Å². The quantitative estimate of drug-likeness (QED) is 0.842. The van der Waals surface area contributed by atoms with Crippen LogP contribution in [0.25, 0.3) is 0 Å². The summed E-state index contributed by atoms with van der Waals surface area (Å²) in [4.78, 5) is 2.32. The molecule has 3 heteroatoms. The zero-order valence-electron chi connectivity index (χ0n) is 12.5. The zero-order chi connectivity index (χ0) is 14.1. The summed E-state index contributed by atoms with van der Waals surface area (Å²) in [5.41, 5.74) is 5.21. The molecule has 1 aliphatic rings. The van der Waals surface area contributed by atoms with Gasteiger partial charge in [0.25, 0.3) is 0 Å². The lowest BCUT2D eigenvalue weighted by atomic mass is 9.91. The summed E-state index contributed by atoms with van der Waals surface area (Å²) in [5, 5.41) is 4.33. The molecule has 0 N–H and O–H groups in total. The summed E-state index contributed by atoms with van der Waals surface area (Å²) in [6.07, 6.45) is 2.87. The van der Waals surface area contributed by atoms with Crippen molar-refractivity contribution in [2.24, 2.45) is 0 Å². The first-order valence-corrected chi connectivity index (χ1v) is 7.53. The van der Waals surface area contributed by atoms with E-state index < -0.39 is 0 Å². The van der Waals surface area contributed by atoms with Gasteiger partial charge in [-0.05, 0) is 37.3 Å². The number of fused-ring (bicyclic) bond motifs is 1. The van der Waals surface area contributed by atoms with Crippen LogP contribution in [0.5, 0.6) is 0 Å². The Hall–Kier alpha value is -1.77. The van der Waals surface area contributed by atoms with E-state index in [1.165, 1.54) is 16.8 Å². The average Bonchev–Trinajstić information content (AvgIpc) is 3.06. The van der Waals surface area contributed by atoms with Crippen molar-refractivity contribution in [3.63, 3.8) is 0 Å². The highest BCUT2D eigenvalue weighted by atomic mass is 16.5. The lowest BCUT2D eigenvalue weighted by molar-refractivity contribution is 0.401. The Balaban J connectivity index is 1.95. The first-order chi connectivity index (χ1) is 9.76. The van der Waals surface area contributed by atoms with Crippen molar-refractivity contribution in [3.05, 3.63) is 47.3 Å². The van der Waals surface area contributed by atoms with Gasteiger partial charge in [0.15, 0.2) is 0 Å². The van der Waals surface area contributed by atoms with Gasteiger partial charge < -0.3 is 9.42 Å². The molecule has 0 bridgehead atoms. The van der Waals surface area contributed by atoms with Crippen molar-refractivity contribution >= 4 is 5.69 Å². The predicted molar refractivity (Wildman–Crippen MR) is 81.4 cm³/mol. The number of hydrogen-bond acceptors (Lipinski definition) is 3. The zero-order valence-corrected chi connectivity index (χ0v) is 12.5. The van der Waals surface area contributed by atoms with Crippen LogP contribution in [0.2, 0.25) is 0 Å².